The van der Waals surface area contributed by atoms with Gasteiger partial charge in [0.05, 0.1) is 38.8 Å². The van der Waals surface area contributed by atoms with Crippen LogP contribution in [0.5, 0.6) is 0 Å². The normalized spacial score (nSPS) is 11.6. The second-order valence-electron chi connectivity index (χ2n) is 13.7. The summed E-state index contributed by atoms with van der Waals surface area (Å²) in [5.41, 5.74) is -0.735. The predicted octanol–water partition coefficient (Wildman–Crippen LogP) is 9.70. The van der Waals surface area contributed by atoms with Crippen LogP contribution in [0.4, 0.5) is 50.2 Å². The molecular weight excluding hydrogens is 996 g/mol. The smallest absolute Gasteiger partial charge is 0.335 e. The number of carboxylic acid groups (broad SMARTS) is 3. The average molecular weight is 1020 g/mol. The Labute approximate surface area is 397 Å². The summed E-state index contributed by atoms with van der Waals surface area (Å²) >= 11 is 12.8. The van der Waals surface area contributed by atoms with Crippen molar-refractivity contribution >= 4 is 129 Å². The van der Waals surface area contributed by atoms with Gasteiger partial charge in [-0.25, -0.2) is 19.6 Å². The van der Waals surface area contributed by atoms with Crippen molar-refractivity contribution in [1.82, 2.24) is 9.97 Å². The zero-order valence-corrected chi connectivity index (χ0v) is 38.0. The number of carbonyl (C=O) groups is 4. The summed E-state index contributed by atoms with van der Waals surface area (Å²) < 4.78 is 67.8. The Morgan fingerprint density at radius 3 is 1.85 bits per heavy atom. The molecule has 8 N–H and O–H groups in total. The van der Waals surface area contributed by atoms with Crippen molar-refractivity contribution in [3.05, 3.63) is 111 Å². The number of thiazole rings is 1. The molecular formula is C40H28Cl2N10O13S3. The number of aromatic nitrogens is 2. The molecule has 0 aliphatic heterocycles. The van der Waals surface area contributed by atoms with Gasteiger partial charge in [0.15, 0.2) is 16.6 Å². The van der Waals surface area contributed by atoms with Gasteiger partial charge in [0, 0.05) is 34.6 Å². The molecule has 28 heteroatoms. The fourth-order valence-corrected chi connectivity index (χ4v) is 8.60. The van der Waals surface area contributed by atoms with Crippen LogP contribution in [-0.2, 0) is 29.8 Å². The first-order chi connectivity index (χ1) is 32.0. The number of nitrogens with one attached hydrogen (secondary N) is 3. The van der Waals surface area contributed by atoms with Gasteiger partial charge in [0.1, 0.15) is 27.2 Å². The lowest BCUT2D eigenvalue weighted by atomic mass is 10.1. The molecule has 23 nitrogen and oxygen atoms in total. The Kier molecular flexibility index (Phi) is 14.9. The number of hydrogen-bond donors (Lipinski definition) is 8. The minimum absolute atomic E-state index is 0.0116. The van der Waals surface area contributed by atoms with E-state index < -0.39 is 71.4 Å². The molecule has 0 fully saturated rings. The minimum Gasteiger partial charge on any atom is -0.481 e. The number of anilines is 5. The van der Waals surface area contributed by atoms with Gasteiger partial charge < -0.3 is 31.3 Å². The summed E-state index contributed by atoms with van der Waals surface area (Å²) in [6, 6.07) is 18.0. The van der Waals surface area contributed by atoms with Gasteiger partial charge in [-0.05, 0) is 73.7 Å². The van der Waals surface area contributed by atoms with E-state index in [0.29, 0.717) is 0 Å². The lowest BCUT2D eigenvalue weighted by molar-refractivity contribution is -0.138. The number of nitrogens with zero attached hydrogens (tertiary/aromatic N) is 7. The standard InChI is InChI=1S/C40H28Cl2N10O13S3/c1-18-26(17-43)35(45-23-5-7-27(41)29(15-23)67(60,61)62)48-36(46-24-6-8-28(42)30(16-24)68(63,64)65)33(18)50-52-40-47-34(19-3-2-4-22(12-19)44-31(53)9-10-32(54)55)37(66-40)51-49-25-13-20(38(56)57)11-21(14-25)39(58)59/h2-8,11-16H,9-10H2,1H3,(H,44,53)(H,54,55)(H,56,57)(H,58,59)(H2,45,46,48)(H,60,61,62)(H,63,64,65). The second-order valence-corrected chi connectivity index (χ2v) is 18.3. The van der Waals surface area contributed by atoms with E-state index in [2.05, 4.69) is 46.4 Å². The van der Waals surface area contributed by atoms with Crippen LogP contribution in [0.15, 0.2) is 109 Å². The lowest BCUT2D eigenvalue weighted by Gasteiger charge is -2.16. The summed E-state index contributed by atoms with van der Waals surface area (Å²) in [7, 11) is -9.67. The van der Waals surface area contributed by atoms with Crippen molar-refractivity contribution in [2.75, 3.05) is 16.0 Å². The molecule has 2 heterocycles. The van der Waals surface area contributed by atoms with E-state index >= 15 is 0 Å². The fraction of sp³-hybridized carbons (Fsp3) is 0.0750. The van der Waals surface area contributed by atoms with E-state index in [9.17, 15) is 60.6 Å². The molecule has 0 spiro atoms. The molecule has 2 aromatic heterocycles. The third-order valence-electron chi connectivity index (χ3n) is 8.96. The number of azo groups is 2. The molecule has 0 bridgehead atoms. The molecule has 1 amide bonds. The fourth-order valence-electron chi connectivity index (χ4n) is 5.86. The molecule has 68 heavy (non-hydrogen) atoms. The number of carbonyl (C=O) groups excluding carboxylic acids is 1. The van der Waals surface area contributed by atoms with Gasteiger partial charge >= 0.3 is 17.9 Å². The number of halogens is 2. The Balaban J connectivity index is 1.50. The van der Waals surface area contributed by atoms with E-state index in [1.807, 2.05) is 6.07 Å². The number of pyridine rings is 1. The molecule has 0 aliphatic carbocycles. The molecule has 6 aromatic rings. The number of amides is 1. The van der Waals surface area contributed by atoms with Crippen LogP contribution in [0.3, 0.4) is 0 Å². The van der Waals surface area contributed by atoms with E-state index in [0.717, 1.165) is 53.8 Å². The number of benzene rings is 4. The van der Waals surface area contributed by atoms with Crippen LogP contribution < -0.4 is 16.0 Å². The highest BCUT2D eigenvalue weighted by Crippen LogP contribution is 2.43. The number of aromatic carboxylic acids is 2. The summed E-state index contributed by atoms with van der Waals surface area (Å²) in [6.45, 7) is 1.43. The van der Waals surface area contributed by atoms with E-state index in [1.165, 1.54) is 37.3 Å². The third-order valence-corrected chi connectivity index (χ3v) is 12.5. The number of rotatable bonds is 17. The van der Waals surface area contributed by atoms with Crippen LogP contribution in [0.25, 0.3) is 11.3 Å². The zero-order valence-electron chi connectivity index (χ0n) is 34.0. The third kappa shape index (κ3) is 12.2. The minimum atomic E-state index is -4.85. The molecule has 6 rings (SSSR count). The van der Waals surface area contributed by atoms with Gasteiger partial charge in [-0.2, -0.15) is 22.1 Å². The van der Waals surface area contributed by atoms with Gasteiger partial charge in [-0.1, -0.05) is 46.7 Å². The van der Waals surface area contributed by atoms with E-state index in [4.69, 9.17) is 28.3 Å². The molecule has 0 radical (unpaired) electrons. The topological polar surface area (TPSA) is 373 Å². The van der Waals surface area contributed by atoms with Gasteiger partial charge in [-0.3, -0.25) is 18.7 Å². The summed E-state index contributed by atoms with van der Waals surface area (Å²) in [5.74, 6) is -5.13. The highest BCUT2D eigenvalue weighted by atomic mass is 35.5. The zero-order chi connectivity index (χ0) is 49.7. The first-order valence-corrected chi connectivity index (χ1v) is 23.1. The number of nitriles is 1. The molecule has 0 aliphatic rings. The van der Waals surface area contributed by atoms with Crippen molar-refractivity contribution in [2.24, 2.45) is 20.5 Å². The predicted molar refractivity (Wildman–Crippen MR) is 245 cm³/mol. The maximum atomic E-state index is 12.5. The monoisotopic (exact) mass is 1020 g/mol. The van der Waals surface area contributed by atoms with Crippen molar-refractivity contribution in [3.8, 4) is 17.3 Å². The van der Waals surface area contributed by atoms with Crippen LogP contribution in [-0.4, -0.2) is 75.0 Å². The van der Waals surface area contributed by atoms with E-state index in [1.54, 1.807) is 6.07 Å². The Morgan fingerprint density at radius 1 is 0.721 bits per heavy atom. The molecule has 0 atom stereocenters. The first kappa shape index (κ1) is 49.7. The Hall–Kier alpha value is -7.77. The maximum absolute atomic E-state index is 12.5. The van der Waals surface area contributed by atoms with Crippen molar-refractivity contribution in [1.29, 1.82) is 5.26 Å². The van der Waals surface area contributed by atoms with Gasteiger partial charge in [-0.15, -0.1) is 20.5 Å². The Morgan fingerprint density at radius 2 is 1.31 bits per heavy atom. The van der Waals surface area contributed by atoms with Crippen molar-refractivity contribution < 1.29 is 60.4 Å². The largest absolute Gasteiger partial charge is 0.481 e. The number of hydrogen-bond acceptors (Lipinski definition) is 18. The van der Waals surface area contributed by atoms with Gasteiger partial charge in [0.2, 0.25) is 11.0 Å². The van der Waals surface area contributed by atoms with Crippen molar-refractivity contribution in [3.63, 3.8) is 0 Å². The average Bonchev–Trinajstić information content (AvgIpc) is 3.68. The summed E-state index contributed by atoms with van der Waals surface area (Å²) in [5, 5.41) is 62.8. The van der Waals surface area contributed by atoms with Crippen LogP contribution in [0.1, 0.15) is 44.7 Å². The van der Waals surface area contributed by atoms with E-state index in [-0.39, 0.29) is 89.1 Å². The molecule has 0 unspecified atom stereocenters. The van der Waals surface area contributed by atoms with Crippen molar-refractivity contribution in [2.45, 2.75) is 29.6 Å². The SMILES string of the molecule is Cc1c(C#N)c(Nc2ccc(Cl)c(S(=O)(=O)O)c2)nc(Nc2ccc(Cl)c(S(=O)(=O)O)c2)c1N=Nc1nc(-c2cccc(NC(=O)CCC(=O)O)c2)c(N=Nc2cc(C(=O)O)cc(C(=O)O)c2)s1. The quantitative estimate of drug-likeness (QED) is 0.0311. The first-order valence-electron chi connectivity index (χ1n) is 18.6. The highest BCUT2D eigenvalue weighted by Gasteiger charge is 2.23. The number of carboxylic acids is 3. The van der Waals surface area contributed by atoms with Crippen LogP contribution >= 0.6 is 34.5 Å². The second kappa shape index (κ2) is 20.4. The number of aliphatic carboxylic acids is 1. The summed E-state index contributed by atoms with van der Waals surface area (Å²) in [4.78, 5) is 54.7. The molecule has 0 saturated heterocycles. The lowest BCUT2D eigenvalue weighted by Crippen LogP contribution is -2.13. The molecule has 4 aromatic carbocycles. The Bertz CT molecular complexity index is 3380. The maximum Gasteiger partial charge on any atom is 0.335 e. The summed E-state index contributed by atoms with van der Waals surface area (Å²) in [6.07, 6.45) is -0.768. The van der Waals surface area contributed by atoms with Crippen LogP contribution in [0.2, 0.25) is 10.0 Å². The van der Waals surface area contributed by atoms with Gasteiger partial charge in [0.25, 0.3) is 20.2 Å². The van der Waals surface area contributed by atoms with Crippen LogP contribution in [0, 0.1) is 18.3 Å². The highest BCUT2D eigenvalue weighted by molar-refractivity contribution is 7.86. The molecule has 348 valence electrons. The molecule has 0 saturated carbocycles.